The Morgan fingerprint density at radius 1 is 1.19 bits per heavy atom. The molecule has 0 fully saturated rings. The van der Waals surface area contributed by atoms with E-state index >= 15 is 0 Å². The third-order valence-electron chi connectivity index (χ3n) is 3.96. The lowest BCUT2D eigenvalue weighted by atomic mass is 10.2. The maximum Gasteiger partial charge on any atom is 0.193 e. The largest absolute Gasteiger partial charge is 0.497 e. The van der Waals surface area contributed by atoms with E-state index in [4.69, 9.17) is 10.5 Å². The Bertz CT molecular complexity index is 864. The standard InChI is InChI=1S/C20H23N5O.HI/c1-26-18-9-5-8-17(14-18)24-20(21)23-11-10-19-22-12-13-25(19)15-16-6-3-2-4-7-16;/h2-9,12-14H,10-11,15H2,1H3,(H3,21,23,24);1H. The quantitative estimate of drug-likeness (QED) is 0.310. The molecule has 0 unspecified atom stereocenters. The molecule has 0 atom stereocenters. The number of benzene rings is 2. The minimum atomic E-state index is 0. The van der Waals surface area contributed by atoms with Gasteiger partial charge in [-0.05, 0) is 17.7 Å². The van der Waals surface area contributed by atoms with Gasteiger partial charge in [-0.2, -0.15) is 0 Å². The molecule has 7 heteroatoms. The van der Waals surface area contributed by atoms with Gasteiger partial charge < -0.3 is 20.4 Å². The molecule has 0 bridgehead atoms. The minimum absolute atomic E-state index is 0. The maximum absolute atomic E-state index is 5.97. The van der Waals surface area contributed by atoms with Crippen molar-refractivity contribution in [1.29, 1.82) is 0 Å². The second kappa shape index (κ2) is 10.6. The fraction of sp³-hybridized carbons (Fsp3) is 0.200. The Labute approximate surface area is 176 Å². The lowest BCUT2D eigenvalue weighted by Gasteiger charge is -2.08. The molecule has 0 saturated heterocycles. The predicted molar refractivity (Wildman–Crippen MR) is 120 cm³/mol. The summed E-state index contributed by atoms with van der Waals surface area (Å²) >= 11 is 0. The molecular formula is C20H24IN5O. The molecule has 0 saturated carbocycles. The molecule has 1 heterocycles. The average Bonchev–Trinajstić information content (AvgIpc) is 3.09. The molecule has 0 aliphatic heterocycles. The fourth-order valence-corrected chi connectivity index (χ4v) is 2.66. The molecular weight excluding hydrogens is 453 g/mol. The van der Waals surface area contributed by atoms with Crippen LogP contribution < -0.4 is 15.8 Å². The maximum atomic E-state index is 5.97. The number of aliphatic imine (C=N–C) groups is 1. The van der Waals surface area contributed by atoms with Crippen molar-refractivity contribution >= 4 is 35.6 Å². The third kappa shape index (κ3) is 6.28. The number of hydrogen-bond donors (Lipinski definition) is 2. The van der Waals surface area contributed by atoms with Gasteiger partial charge in [-0.25, -0.2) is 4.98 Å². The summed E-state index contributed by atoms with van der Waals surface area (Å²) in [7, 11) is 1.63. The lowest BCUT2D eigenvalue weighted by molar-refractivity contribution is 0.415. The summed E-state index contributed by atoms with van der Waals surface area (Å²) in [5.74, 6) is 2.14. The molecule has 0 aliphatic carbocycles. The van der Waals surface area contributed by atoms with Crippen molar-refractivity contribution < 1.29 is 4.74 Å². The van der Waals surface area contributed by atoms with Crippen LogP contribution in [-0.4, -0.2) is 29.2 Å². The summed E-state index contributed by atoms with van der Waals surface area (Å²) in [6.07, 6.45) is 4.53. The molecule has 2 aromatic carbocycles. The first kappa shape index (κ1) is 20.8. The Morgan fingerprint density at radius 3 is 2.78 bits per heavy atom. The van der Waals surface area contributed by atoms with E-state index in [0.29, 0.717) is 12.5 Å². The molecule has 27 heavy (non-hydrogen) atoms. The van der Waals surface area contributed by atoms with Crippen molar-refractivity contribution in [3.05, 3.63) is 78.4 Å². The Morgan fingerprint density at radius 2 is 2.00 bits per heavy atom. The fourth-order valence-electron chi connectivity index (χ4n) is 2.66. The number of aromatic nitrogens is 2. The molecule has 3 rings (SSSR count). The van der Waals surface area contributed by atoms with Crippen LogP contribution in [0.1, 0.15) is 11.4 Å². The highest BCUT2D eigenvalue weighted by Gasteiger charge is 2.04. The zero-order chi connectivity index (χ0) is 18.2. The van der Waals surface area contributed by atoms with Crippen LogP contribution in [0.4, 0.5) is 5.69 Å². The minimum Gasteiger partial charge on any atom is -0.497 e. The molecule has 0 radical (unpaired) electrons. The molecule has 0 spiro atoms. The summed E-state index contributed by atoms with van der Waals surface area (Å²) in [6.45, 7) is 1.37. The van der Waals surface area contributed by atoms with Gasteiger partial charge in [-0.3, -0.25) is 4.99 Å². The number of guanidine groups is 1. The van der Waals surface area contributed by atoms with Gasteiger partial charge in [0.15, 0.2) is 5.96 Å². The van der Waals surface area contributed by atoms with Gasteiger partial charge in [0, 0.05) is 43.7 Å². The molecule has 3 aromatic rings. The van der Waals surface area contributed by atoms with E-state index in [1.54, 1.807) is 7.11 Å². The van der Waals surface area contributed by atoms with Crippen molar-refractivity contribution in [1.82, 2.24) is 9.55 Å². The number of halogens is 1. The van der Waals surface area contributed by atoms with Gasteiger partial charge in [0.05, 0.1) is 7.11 Å². The highest BCUT2D eigenvalue weighted by atomic mass is 127. The Balaban J connectivity index is 0.00000261. The highest BCUT2D eigenvalue weighted by Crippen LogP contribution is 2.16. The molecule has 0 aliphatic rings. The van der Waals surface area contributed by atoms with Crippen LogP contribution in [0, 0.1) is 0 Å². The SMILES string of the molecule is COc1cccc(NC(N)=NCCc2nccn2Cc2ccccc2)c1.I. The number of nitrogens with two attached hydrogens (primary N) is 1. The van der Waals surface area contributed by atoms with Gasteiger partial charge in [0.25, 0.3) is 0 Å². The Kier molecular flexibility index (Phi) is 8.12. The van der Waals surface area contributed by atoms with E-state index in [9.17, 15) is 0 Å². The lowest BCUT2D eigenvalue weighted by Crippen LogP contribution is -2.23. The first-order valence-corrected chi connectivity index (χ1v) is 8.49. The number of nitrogens with zero attached hydrogens (tertiary/aromatic N) is 3. The number of imidazole rings is 1. The van der Waals surface area contributed by atoms with Crippen molar-refractivity contribution in [3.63, 3.8) is 0 Å². The monoisotopic (exact) mass is 477 g/mol. The van der Waals surface area contributed by atoms with Crippen LogP contribution >= 0.6 is 24.0 Å². The van der Waals surface area contributed by atoms with E-state index in [-0.39, 0.29) is 24.0 Å². The third-order valence-corrected chi connectivity index (χ3v) is 3.96. The van der Waals surface area contributed by atoms with Gasteiger partial charge in [0.2, 0.25) is 0 Å². The number of hydrogen-bond acceptors (Lipinski definition) is 3. The number of anilines is 1. The highest BCUT2D eigenvalue weighted by molar-refractivity contribution is 14.0. The van der Waals surface area contributed by atoms with Crippen LogP contribution in [0.5, 0.6) is 5.75 Å². The number of rotatable bonds is 7. The first-order chi connectivity index (χ1) is 12.7. The Hall–Kier alpha value is -2.55. The molecule has 0 amide bonds. The molecule has 1 aromatic heterocycles. The van der Waals surface area contributed by atoms with E-state index in [1.165, 1.54) is 5.56 Å². The second-order valence-electron chi connectivity index (χ2n) is 5.83. The summed E-state index contributed by atoms with van der Waals surface area (Å²) in [5.41, 5.74) is 8.06. The number of nitrogens with one attached hydrogen (secondary N) is 1. The van der Waals surface area contributed by atoms with Crippen LogP contribution in [0.15, 0.2) is 72.0 Å². The topological polar surface area (TPSA) is 77.5 Å². The zero-order valence-corrected chi connectivity index (χ0v) is 17.5. The zero-order valence-electron chi connectivity index (χ0n) is 15.2. The van der Waals surface area contributed by atoms with Gasteiger partial charge in [0.1, 0.15) is 11.6 Å². The number of ether oxygens (including phenoxy) is 1. The molecule has 142 valence electrons. The van der Waals surface area contributed by atoms with Crippen LogP contribution in [0.2, 0.25) is 0 Å². The van der Waals surface area contributed by atoms with Crippen molar-refractivity contribution in [2.24, 2.45) is 10.7 Å². The summed E-state index contributed by atoms with van der Waals surface area (Å²) < 4.78 is 7.33. The summed E-state index contributed by atoms with van der Waals surface area (Å²) in [4.78, 5) is 8.82. The normalized spacial score (nSPS) is 10.9. The van der Waals surface area contributed by atoms with Crippen molar-refractivity contribution in [2.75, 3.05) is 19.0 Å². The van der Waals surface area contributed by atoms with Crippen molar-refractivity contribution in [2.45, 2.75) is 13.0 Å². The number of methoxy groups -OCH3 is 1. The molecule has 3 N–H and O–H groups in total. The van der Waals surface area contributed by atoms with E-state index in [1.807, 2.05) is 54.9 Å². The summed E-state index contributed by atoms with van der Waals surface area (Å²) in [5, 5.41) is 3.07. The van der Waals surface area contributed by atoms with Gasteiger partial charge in [-0.15, -0.1) is 24.0 Å². The van der Waals surface area contributed by atoms with Crippen molar-refractivity contribution in [3.8, 4) is 5.75 Å². The van der Waals surface area contributed by atoms with Gasteiger partial charge >= 0.3 is 0 Å². The van der Waals surface area contributed by atoms with E-state index in [2.05, 4.69) is 32.0 Å². The van der Waals surface area contributed by atoms with Crippen LogP contribution in [0.25, 0.3) is 0 Å². The smallest absolute Gasteiger partial charge is 0.193 e. The summed E-state index contributed by atoms with van der Waals surface area (Å²) in [6, 6.07) is 17.9. The van der Waals surface area contributed by atoms with Crippen LogP contribution in [0.3, 0.4) is 0 Å². The second-order valence-corrected chi connectivity index (χ2v) is 5.83. The first-order valence-electron chi connectivity index (χ1n) is 8.49. The molecule has 6 nitrogen and oxygen atoms in total. The van der Waals surface area contributed by atoms with Gasteiger partial charge in [-0.1, -0.05) is 36.4 Å². The van der Waals surface area contributed by atoms with E-state index < -0.39 is 0 Å². The average molecular weight is 477 g/mol. The predicted octanol–water partition coefficient (Wildman–Crippen LogP) is 3.53. The van der Waals surface area contributed by atoms with E-state index in [0.717, 1.165) is 30.2 Å². The van der Waals surface area contributed by atoms with Crippen LogP contribution in [-0.2, 0) is 13.0 Å².